The fourth-order valence-electron chi connectivity index (χ4n) is 2.62. The highest BCUT2D eigenvalue weighted by Gasteiger charge is 2.33. The van der Waals surface area contributed by atoms with Crippen molar-refractivity contribution in [3.63, 3.8) is 0 Å². The maximum atomic E-state index is 5.47. The van der Waals surface area contributed by atoms with Crippen LogP contribution in [0.3, 0.4) is 0 Å². The first-order chi connectivity index (χ1) is 8.33. The average molecular weight is 234 g/mol. The van der Waals surface area contributed by atoms with Gasteiger partial charge < -0.3 is 9.73 Å². The van der Waals surface area contributed by atoms with Crippen molar-refractivity contribution < 1.29 is 4.42 Å². The molecule has 0 amide bonds. The van der Waals surface area contributed by atoms with Crippen LogP contribution in [-0.4, -0.2) is 30.6 Å². The van der Waals surface area contributed by atoms with Crippen LogP contribution in [-0.2, 0) is 6.54 Å². The van der Waals surface area contributed by atoms with Crippen LogP contribution in [0.2, 0.25) is 0 Å². The first kappa shape index (κ1) is 11.3. The molecule has 1 unspecified atom stereocenters. The predicted molar refractivity (Wildman–Crippen MR) is 67.7 cm³/mol. The van der Waals surface area contributed by atoms with E-state index in [0.29, 0.717) is 0 Å². The number of nitrogens with one attached hydrogen (secondary N) is 1. The number of nitrogens with zero attached hydrogens (tertiary/aromatic N) is 1. The van der Waals surface area contributed by atoms with E-state index in [1.807, 2.05) is 6.07 Å². The fraction of sp³-hybridized carbons (Fsp3) is 0.714. The van der Waals surface area contributed by atoms with Gasteiger partial charge in [0.2, 0.25) is 0 Å². The largest absolute Gasteiger partial charge is 0.468 e. The molecule has 1 aliphatic heterocycles. The minimum atomic E-state index is 0.798. The molecule has 1 aliphatic carbocycles. The second-order valence-corrected chi connectivity index (χ2v) is 5.64. The lowest BCUT2D eigenvalue weighted by Gasteiger charge is -2.35. The molecule has 3 rings (SSSR count). The summed E-state index contributed by atoms with van der Waals surface area (Å²) in [6.07, 6.45) is 4.52. The molecule has 1 saturated heterocycles. The molecule has 2 fully saturated rings. The van der Waals surface area contributed by atoms with Gasteiger partial charge in [-0.2, -0.15) is 0 Å². The Morgan fingerprint density at radius 2 is 2.29 bits per heavy atom. The molecule has 2 heterocycles. The van der Waals surface area contributed by atoms with E-state index in [1.165, 1.54) is 32.5 Å². The summed E-state index contributed by atoms with van der Waals surface area (Å²) in [5, 5.41) is 3.37. The molecule has 3 nitrogen and oxygen atoms in total. The normalized spacial score (nSPS) is 22.7. The van der Waals surface area contributed by atoms with Gasteiger partial charge in [0, 0.05) is 12.6 Å². The summed E-state index contributed by atoms with van der Waals surface area (Å²) in [6, 6.07) is 4.89. The van der Waals surface area contributed by atoms with Crippen LogP contribution >= 0.6 is 0 Å². The maximum Gasteiger partial charge on any atom is 0.117 e. The summed E-state index contributed by atoms with van der Waals surface area (Å²) in [6.45, 7) is 7.02. The molecule has 1 aromatic rings. The van der Waals surface area contributed by atoms with Gasteiger partial charge in [-0.1, -0.05) is 6.92 Å². The lowest BCUT2D eigenvalue weighted by Crippen LogP contribution is -2.48. The van der Waals surface area contributed by atoms with Crippen molar-refractivity contribution >= 4 is 0 Å². The van der Waals surface area contributed by atoms with Crippen LogP contribution < -0.4 is 5.32 Å². The molecule has 0 aromatic carbocycles. The first-order valence-electron chi connectivity index (χ1n) is 6.80. The zero-order valence-corrected chi connectivity index (χ0v) is 10.6. The Morgan fingerprint density at radius 3 is 2.82 bits per heavy atom. The van der Waals surface area contributed by atoms with Crippen LogP contribution in [0, 0.1) is 11.8 Å². The number of furan rings is 1. The molecule has 1 saturated carbocycles. The first-order valence-corrected chi connectivity index (χ1v) is 6.80. The minimum Gasteiger partial charge on any atom is -0.468 e. The van der Waals surface area contributed by atoms with Crippen molar-refractivity contribution in [3.8, 4) is 0 Å². The summed E-state index contributed by atoms with van der Waals surface area (Å²) in [5.41, 5.74) is 0. The second kappa shape index (κ2) is 4.83. The second-order valence-electron chi connectivity index (χ2n) is 5.64. The Hall–Kier alpha value is -0.800. The standard InChI is InChI=1S/C14H22N2O/c1-11(12-7-15-8-12)9-16(13-4-5-13)10-14-3-2-6-17-14/h2-3,6,11-13,15H,4-5,7-10H2,1H3. The molecule has 1 N–H and O–H groups in total. The van der Waals surface area contributed by atoms with Crippen LogP contribution in [0.5, 0.6) is 0 Å². The minimum absolute atomic E-state index is 0.798. The van der Waals surface area contributed by atoms with E-state index < -0.39 is 0 Å². The molecule has 94 valence electrons. The summed E-state index contributed by atoms with van der Waals surface area (Å²) in [5.74, 6) is 2.79. The molecular formula is C14H22N2O. The number of hydrogen-bond acceptors (Lipinski definition) is 3. The zero-order chi connectivity index (χ0) is 11.7. The Kier molecular flexibility index (Phi) is 3.21. The summed E-state index contributed by atoms with van der Waals surface area (Å²) >= 11 is 0. The van der Waals surface area contributed by atoms with Crippen LogP contribution in [0.4, 0.5) is 0 Å². The zero-order valence-electron chi connectivity index (χ0n) is 10.6. The molecule has 0 spiro atoms. The van der Waals surface area contributed by atoms with Crippen molar-refractivity contribution in [2.75, 3.05) is 19.6 Å². The lowest BCUT2D eigenvalue weighted by molar-refractivity contribution is 0.147. The molecule has 17 heavy (non-hydrogen) atoms. The van der Waals surface area contributed by atoms with Gasteiger partial charge >= 0.3 is 0 Å². The van der Waals surface area contributed by atoms with Gasteiger partial charge in [-0.3, -0.25) is 4.90 Å². The number of rotatable bonds is 6. The van der Waals surface area contributed by atoms with Crippen LogP contribution in [0.15, 0.2) is 22.8 Å². The van der Waals surface area contributed by atoms with Crippen LogP contribution in [0.1, 0.15) is 25.5 Å². The number of hydrogen-bond donors (Lipinski definition) is 1. The van der Waals surface area contributed by atoms with Crippen LogP contribution in [0.25, 0.3) is 0 Å². The SMILES string of the molecule is CC(CN(Cc1ccco1)C1CC1)C1CNC1. The average Bonchev–Trinajstić information content (AvgIpc) is 2.95. The fourth-order valence-corrected chi connectivity index (χ4v) is 2.62. The topological polar surface area (TPSA) is 28.4 Å². The smallest absolute Gasteiger partial charge is 0.117 e. The Balaban J connectivity index is 1.56. The van der Waals surface area contributed by atoms with Crippen molar-refractivity contribution in [1.82, 2.24) is 10.2 Å². The van der Waals surface area contributed by atoms with Crippen molar-refractivity contribution in [3.05, 3.63) is 24.2 Å². The van der Waals surface area contributed by atoms with Gasteiger partial charge in [-0.15, -0.1) is 0 Å². The van der Waals surface area contributed by atoms with Crippen molar-refractivity contribution in [1.29, 1.82) is 0 Å². The van der Waals surface area contributed by atoms with E-state index in [1.54, 1.807) is 6.26 Å². The molecular weight excluding hydrogens is 212 g/mol. The van der Waals surface area contributed by atoms with Gasteiger partial charge in [0.15, 0.2) is 0 Å². The third kappa shape index (κ3) is 2.72. The van der Waals surface area contributed by atoms with E-state index in [9.17, 15) is 0 Å². The monoisotopic (exact) mass is 234 g/mol. The molecule has 0 radical (unpaired) electrons. The Bertz CT molecular complexity index is 341. The molecule has 1 atom stereocenters. The van der Waals surface area contributed by atoms with E-state index >= 15 is 0 Å². The van der Waals surface area contributed by atoms with Crippen molar-refractivity contribution in [2.45, 2.75) is 32.4 Å². The summed E-state index contributed by atoms with van der Waals surface area (Å²) in [4.78, 5) is 2.61. The summed E-state index contributed by atoms with van der Waals surface area (Å²) in [7, 11) is 0. The quantitative estimate of drug-likeness (QED) is 0.817. The highest BCUT2D eigenvalue weighted by molar-refractivity contribution is 5.00. The Labute approximate surface area is 103 Å². The third-order valence-electron chi connectivity index (χ3n) is 4.14. The van der Waals surface area contributed by atoms with E-state index in [4.69, 9.17) is 4.42 Å². The van der Waals surface area contributed by atoms with Gasteiger partial charge in [0.05, 0.1) is 12.8 Å². The Morgan fingerprint density at radius 1 is 1.47 bits per heavy atom. The van der Waals surface area contributed by atoms with E-state index in [2.05, 4.69) is 23.2 Å². The van der Waals surface area contributed by atoms with E-state index in [-0.39, 0.29) is 0 Å². The lowest BCUT2D eigenvalue weighted by atomic mass is 9.88. The molecule has 3 heteroatoms. The third-order valence-corrected chi connectivity index (χ3v) is 4.14. The van der Waals surface area contributed by atoms with Gasteiger partial charge in [-0.05, 0) is 49.9 Å². The van der Waals surface area contributed by atoms with Gasteiger partial charge in [0.25, 0.3) is 0 Å². The molecule has 1 aromatic heterocycles. The molecule has 2 aliphatic rings. The molecule has 0 bridgehead atoms. The van der Waals surface area contributed by atoms with Gasteiger partial charge in [0.1, 0.15) is 5.76 Å². The highest BCUT2D eigenvalue weighted by atomic mass is 16.3. The predicted octanol–water partition coefficient (Wildman–Crippen LogP) is 2.10. The highest BCUT2D eigenvalue weighted by Crippen LogP contribution is 2.30. The van der Waals surface area contributed by atoms with E-state index in [0.717, 1.165) is 30.2 Å². The van der Waals surface area contributed by atoms with Crippen molar-refractivity contribution in [2.24, 2.45) is 11.8 Å². The maximum absolute atomic E-state index is 5.47. The van der Waals surface area contributed by atoms with Gasteiger partial charge in [-0.25, -0.2) is 0 Å². The summed E-state index contributed by atoms with van der Waals surface area (Å²) < 4.78 is 5.47.